The number of aromatic nitrogens is 1. The molecule has 2 nitrogen and oxygen atoms in total. The molecule has 0 aliphatic rings. The first kappa shape index (κ1) is 10.6. The van der Waals surface area contributed by atoms with Gasteiger partial charge in [-0.15, -0.1) is 0 Å². The van der Waals surface area contributed by atoms with E-state index in [4.69, 9.17) is 0 Å². The fourth-order valence-corrected chi connectivity index (χ4v) is 1.90. The number of Topliss-reactive ketones (excluding diaryl/α,β-unsaturated/α-hetero) is 1. The number of allylic oxidation sites excluding steroid dienone is 1. The van der Waals surface area contributed by atoms with E-state index in [1.165, 1.54) is 0 Å². The summed E-state index contributed by atoms with van der Waals surface area (Å²) in [6, 6.07) is 11.9. The van der Waals surface area contributed by atoms with Gasteiger partial charge in [-0.2, -0.15) is 4.57 Å². The number of rotatable bonds is 3. The van der Waals surface area contributed by atoms with Crippen LogP contribution in [0.2, 0.25) is 0 Å². The maximum Gasteiger partial charge on any atom is 0.249 e. The average Bonchev–Trinajstić information content (AvgIpc) is 2.29. The number of para-hydroxylation sites is 1. The first-order valence-corrected chi connectivity index (χ1v) is 5.27. The molecule has 80 valence electrons. The van der Waals surface area contributed by atoms with Gasteiger partial charge in [0.1, 0.15) is 0 Å². The second-order valence-corrected chi connectivity index (χ2v) is 3.73. The van der Waals surface area contributed by atoms with E-state index in [0.717, 1.165) is 16.6 Å². The molecule has 0 fully saturated rings. The van der Waals surface area contributed by atoms with Crippen molar-refractivity contribution in [3.8, 4) is 0 Å². The van der Waals surface area contributed by atoms with Crippen molar-refractivity contribution in [1.82, 2.24) is 0 Å². The molecule has 16 heavy (non-hydrogen) atoms. The Kier molecular flexibility index (Phi) is 2.82. The summed E-state index contributed by atoms with van der Waals surface area (Å²) >= 11 is 0. The summed E-state index contributed by atoms with van der Waals surface area (Å²) in [5.74, 6) is 0.0765. The molecule has 0 spiro atoms. The van der Waals surface area contributed by atoms with E-state index in [0.29, 0.717) is 6.54 Å². The lowest BCUT2D eigenvalue weighted by atomic mass is 10.1. The van der Waals surface area contributed by atoms with E-state index in [9.17, 15) is 4.79 Å². The molecule has 0 bridgehead atoms. The van der Waals surface area contributed by atoms with Crippen LogP contribution < -0.4 is 4.57 Å². The van der Waals surface area contributed by atoms with Crippen LogP contribution in [-0.2, 0) is 6.54 Å². The first-order valence-electron chi connectivity index (χ1n) is 5.27. The van der Waals surface area contributed by atoms with Crippen molar-refractivity contribution in [2.75, 3.05) is 0 Å². The fraction of sp³-hybridized carbons (Fsp3) is 0.143. The van der Waals surface area contributed by atoms with Gasteiger partial charge in [0.15, 0.2) is 6.54 Å². The Morgan fingerprint density at radius 3 is 2.75 bits per heavy atom. The van der Waals surface area contributed by atoms with Crippen LogP contribution in [0.5, 0.6) is 0 Å². The van der Waals surface area contributed by atoms with Gasteiger partial charge in [0.2, 0.25) is 17.0 Å². The molecule has 0 aliphatic carbocycles. The van der Waals surface area contributed by atoms with Crippen LogP contribution in [0.3, 0.4) is 0 Å². The molecule has 2 rings (SSSR count). The summed E-state index contributed by atoms with van der Waals surface area (Å²) in [7, 11) is 0. The number of ketones is 1. The molecular weight excluding hydrogens is 198 g/mol. The van der Waals surface area contributed by atoms with E-state index in [1.54, 1.807) is 13.0 Å². The standard InChI is InChI=1S/C14H14NO/c1-3-10-15-13(11(2)16)9-8-12-6-4-5-7-14(12)15/h3-9H,1,10H2,2H3/q+1. The zero-order chi connectivity index (χ0) is 11.5. The molecular formula is C14H14NO+. The second kappa shape index (κ2) is 4.27. The van der Waals surface area contributed by atoms with Gasteiger partial charge in [0, 0.05) is 24.4 Å². The highest BCUT2D eigenvalue weighted by molar-refractivity contribution is 5.92. The molecule has 0 amide bonds. The quantitative estimate of drug-likeness (QED) is 0.435. The predicted molar refractivity (Wildman–Crippen MR) is 64.3 cm³/mol. The average molecular weight is 212 g/mol. The number of nitrogens with zero attached hydrogens (tertiary/aromatic N) is 1. The van der Waals surface area contributed by atoms with Gasteiger partial charge >= 0.3 is 0 Å². The summed E-state index contributed by atoms with van der Waals surface area (Å²) < 4.78 is 1.99. The monoisotopic (exact) mass is 212 g/mol. The smallest absolute Gasteiger partial charge is 0.249 e. The van der Waals surface area contributed by atoms with Crippen LogP contribution in [-0.4, -0.2) is 5.78 Å². The Morgan fingerprint density at radius 2 is 2.06 bits per heavy atom. The van der Waals surface area contributed by atoms with Crippen molar-refractivity contribution in [3.63, 3.8) is 0 Å². The van der Waals surface area contributed by atoms with Gasteiger partial charge < -0.3 is 0 Å². The Labute approximate surface area is 94.8 Å². The van der Waals surface area contributed by atoms with Crippen molar-refractivity contribution in [2.45, 2.75) is 13.5 Å². The van der Waals surface area contributed by atoms with Gasteiger partial charge in [0.05, 0.1) is 0 Å². The molecule has 0 atom stereocenters. The van der Waals surface area contributed by atoms with E-state index in [1.807, 2.05) is 41.0 Å². The lowest BCUT2D eigenvalue weighted by Gasteiger charge is -2.02. The van der Waals surface area contributed by atoms with E-state index < -0.39 is 0 Å². The van der Waals surface area contributed by atoms with Gasteiger partial charge in [-0.3, -0.25) is 4.79 Å². The molecule has 0 N–H and O–H groups in total. The van der Waals surface area contributed by atoms with Crippen molar-refractivity contribution in [1.29, 1.82) is 0 Å². The highest BCUT2D eigenvalue weighted by atomic mass is 16.1. The van der Waals surface area contributed by atoms with Crippen molar-refractivity contribution < 1.29 is 9.36 Å². The molecule has 1 aromatic heterocycles. The van der Waals surface area contributed by atoms with E-state index in [2.05, 4.69) is 6.58 Å². The number of fused-ring (bicyclic) bond motifs is 1. The number of carbonyl (C=O) groups is 1. The van der Waals surface area contributed by atoms with Gasteiger partial charge in [-0.05, 0) is 18.2 Å². The number of pyridine rings is 1. The molecule has 1 heterocycles. The number of benzene rings is 1. The summed E-state index contributed by atoms with van der Waals surface area (Å²) in [6.45, 7) is 5.97. The highest BCUT2D eigenvalue weighted by Crippen LogP contribution is 2.10. The topological polar surface area (TPSA) is 20.9 Å². The minimum absolute atomic E-state index is 0.0765. The van der Waals surface area contributed by atoms with Gasteiger partial charge in [-0.25, -0.2) is 0 Å². The third kappa shape index (κ3) is 1.74. The fourth-order valence-electron chi connectivity index (χ4n) is 1.90. The first-order chi connectivity index (χ1) is 7.74. The largest absolute Gasteiger partial charge is 0.288 e. The lowest BCUT2D eigenvalue weighted by molar-refractivity contribution is -0.662. The van der Waals surface area contributed by atoms with E-state index in [-0.39, 0.29) is 5.78 Å². The van der Waals surface area contributed by atoms with Gasteiger partial charge in [-0.1, -0.05) is 18.7 Å². The molecule has 2 heteroatoms. The summed E-state index contributed by atoms with van der Waals surface area (Å²) in [4.78, 5) is 11.5. The third-order valence-electron chi connectivity index (χ3n) is 2.61. The number of carbonyl (C=O) groups excluding carboxylic acids is 1. The minimum atomic E-state index is 0.0765. The van der Waals surface area contributed by atoms with Crippen LogP contribution in [0, 0.1) is 0 Å². The Hall–Kier alpha value is -1.96. The lowest BCUT2D eigenvalue weighted by Crippen LogP contribution is -2.40. The van der Waals surface area contributed by atoms with Crippen molar-refractivity contribution in [2.24, 2.45) is 0 Å². The van der Waals surface area contributed by atoms with Crippen molar-refractivity contribution in [3.05, 3.63) is 54.7 Å². The Morgan fingerprint density at radius 1 is 1.31 bits per heavy atom. The van der Waals surface area contributed by atoms with E-state index >= 15 is 0 Å². The number of hydrogen-bond donors (Lipinski definition) is 0. The van der Waals surface area contributed by atoms with Crippen LogP contribution in [0.15, 0.2) is 49.1 Å². The van der Waals surface area contributed by atoms with Crippen LogP contribution >= 0.6 is 0 Å². The van der Waals surface area contributed by atoms with Crippen LogP contribution in [0.1, 0.15) is 17.4 Å². The Balaban J connectivity index is 2.78. The molecule has 0 saturated heterocycles. The normalized spacial score (nSPS) is 10.3. The van der Waals surface area contributed by atoms with Crippen molar-refractivity contribution >= 4 is 16.7 Å². The molecule has 2 aromatic rings. The second-order valence-electron chi connectivity index (χ2n) is 3.73. The maximum absolute atomic E-state index is 11.5. The minimum Gasteiger partial charge on any atom is -0.288 e. The highest BCUT2D eigenvalue weighted by Gasteiger charge is 2.17. The van der Waals surface area contributed by atoms with Crippen LogP contribution in [0.25, 0.3) is 10.9 Å². The molecule has 0 radical (unpaired) electrons. The summed E-state index contributed by atoms with van der Waals surface area (Å²) in [5.41, 5.74) is 1.79. The maximum atomic E-state index is 11.5. The zero-order valence-corrected chi connectivity index (χ0v) is 9.31. The summed E-state index contributed by atoms with van der Waals surface area (Å²) in [5, 5.41) is 1.13. The molecule has 1 aromatic carbocycles. The number of hydrogen-bond acceptors (Lipinski definition) is 1. The van der Waals surface area contributed by atoms with Gasteiger partial charge in [0.25, 0.3) is 0 Å². The Bertz CT molecular complexity index is 558. The zero-order valence-electron chi connectivity index (χ0n) is 9.31. The van der Waals surface area contributed by atoms with Crippen LogP contribution in [0.4, 0.5) is 0 Å². The third-order valence-corrected chi connectivity index (χ3v) is 2.61. The SMILES string of the molecule is C=CC[n+]1c(C(C)=O)ccc2ccccc21. The molecule has 0 aliphatic heterocycles. The molecule has 0 unspecified atom stereocenters. The molecule has 0 saturated carbocycles. The summed E-state index contributed by atoms with van der Waals surface area (Å²) in [6.07, 6.45) is 1.80. The predicted octanol–water partition coefficient (Wildman–Crippen LogP) is 2.52.